The van der Waals surface area contributed by atoms with E-state index in [0.717, 1.165) is 11.3 Å². The van der Waals surface area contributed by atoms with Gasteiger partial charge in [-0.3, -0.25) is 4.99 Å². The highest BCUT2D eigenvalue weighted by molar-refractivity contribution is 5.82. The molecule has 0 saturated carbocycles. The van der Waals surface area contributed by atoms with Gasteiger partial charge in [0.05, 0.1) is 5.69 Å². The lowest BCUT2D eigenvalue weighted by Gasteiger charge is -1.97. The minimum atomic E-state index is 1.03. The molecule has 0 unspecified atom stereocenters. The summed E-state index contributed by atoms with van der Waals surface area (Å²) in [6.45, 7) is 2.07. The van der Waals surface area contributed by atoms with Gasteiger partial charge in [0.15, 0.2) is 0 Å². The molecule has 0 aliphatic carbocycles. The van der Waals surface area contributed by atoms with Crippen LogP contribution in [0.2, 0.25) is 0 Å². The zero-order valence-corrected chi connectivity index (χ0v) is 8.72. The molecule has 1 nitrogen and oxygen atoms in total. The number of para-hydroxylation sites is 1. The molecule has 15 heavy (non-hydrogen) atoms. The fourth-order valence-corrected chi connectivity index (χ4v) is 1.39. The van der Waals surface area contributed by atoms with Crippen molar-refractivity contribution in [3.63, 3.8) is 0 Å². The lowest BCUT2D eigenvalue weighted by Crippen LogP contribution is -1.79. The van der Waals surface area contributed by atoms with Gasteiger partial charge in [-0.05, 0) is 24.1 Å². The van der Waals surface area contributed by atoms with E-state index >= 15 is 0 Å². The van der Waals surface area contributed by atoms with Crippen LogP contribution in [-0.2, 0) is 0 Å². The second-order valence-corrected chi connectivity index (χ2v) is 3.46. The molecule has 1 heteroatoms. The molecule has 0 aliphatic rings. The third-order valence-electron chi connectivity index (χ3n) is 2.27. The molecule has 2 rings (SSSR count). The van der Waals surface area contributed by atoms with Crippen LogP contribution in [0.3, 0.4) is 0 Å². The second-order valence-electron chi connectivity index (χ2n) is 3.46. The van der Waals surface area contributed by atoms with Crippen molar-refractivity contribution in [1.82, 2.24) is 0 Å². The fraction of sp³-hybridized carbons (Fsp3) is 0.0714. The van der Waals surface area contributed by atoms with Crippen LogP contribution in [0, 0.1) is 6.92 Å². The van der Waals surface area contributed by atoms with Crippen molar-refractivity contribution in [2.45, 2.75) is 6.92 Å². The quantitative estimate of drug-likeness (QED) is 0.647. The van der Waals surface area contributed by atoms with E-state index in [4.69, 9.17) is 0 Å². The molecule has 0 amide bonds. The number of rotatable bonds is 2. The molecule has 0 N–H and O–H groups in total. The van der Waals surface area contributed by atoms with Gasteiger partial charge in [-0.1, -0.05) is 48.5 Å². The summed E-state index contributed by atoms with van der Waals surface area (Å²) in [6.07, 6.45) is 1.89. The minimum absolute atomic E-state index is 1.03. The summed E-state index contributed by atoms with van der Waals surface area (Å²) in [5.41, 5.74) is 3.35. The average Bonchev–Trinajstić information content (AvgIpc) is 2.29. The van der Waals surface area contributed by atoms with Gasteiger partial charge in [0.25, 0.3) is 0 Å². The summed E-state index contributed by atoms with van der Waals surface area (Å²) in [5.74, 6) is 0. The van der Waals surface area contributed by atoms with Crippen molar-refractivity contribution in [2.75, 3.05) is 0 Å². The molecule has 0 bridgehead atoms. The largest absolute Gasteiger partial charge is 0.256 e. The monoisotopic (exact) mass is 195 g/mol. The smallest absolute Gasteiger partial charge is 0.0659 e. The first kappa shape index (κ1) is 9.66. The summed E-state index contributed by atoms with van der Waals surface area (Å²) in [7, 11) is 0. The number of benzene rings is 2. The molecule has 0 fully saturated rings. The van der Waals surface area contributed by atoms with Crippen molar-refractivity contribution in [1.29, 1.82) is 0 Å². The Morgan fingerprint density at radius 1 is 0.867 bits per heavy atom. The Labute approximate surface area is 90.1 Å². The highest BCUT2D eigenvalue weighted by atomic mass is 14.7. The van der Waals surface area contributed by atoms with Crippen LogP contribution >= 0.6 is 0 Å². The van der Waals surface area contributed by atoms with Crippen LogP contribution < -0.4 is 0 Å². The van der Waals surface area contributed by atoms with Crippen LogP contribution in [0.5, 0.6) is 0 Å². The maximum atomic E-state index is 4.45. The molecule has 74 valence electrons. The van der Waals surface area contributed by atoms with Crippen molar-refractivity contribution in [3.8, 4) is 0 Å². The maximum absolute atomic E-state index is 4.45. The fourth-order valence-electron chi connectivity index (χ4n) is 1.39. The van der Waals surface area contributed by atoms with Crippen LogP contribution in [0.25, 0.3) is 0 Å². The van der Waals surface area contributed by atoms with Gasteiger partial charge in [-0.2, -0.15) is 0 Å². The van der Waals surface area contributed by atoms with Crippen LogP contribution in [0.4, 0.5) is 5.69 Å². The van der Waals surface area contributed by atoms with Crippen LogP contribution in [0.1, 0.15) is 11.1 Å². The Morgan fingerprint density at radius 2 is 1.53 bits per heavy atom. The van der Waals surface area contributed by atoms with E-state index in [1.807, 2.05) is 54.7 Å². The normalized spacial score (nSPS) is 10.7. The Hall–Kier alpha value is -1.89. The Morgan fingerprint density at radius 3 is 2.27 bits per heavy atom. The van der Waals surface area contributed by atoms with E-state index in [9.17, 15) is 0 Å². The van der Waals surface area contributed by atoms with Crippen LogP contribution in [0.15, 0.2) is 59.6 Å². The van der Waals surface area contributed by atoms with E-state index in [1.54, 1.807) is 0 Å². The van der Waals surface area contributed by atoms with Crippen molar-refractivity contribution < 1.29 is 0 Å². The van der Waals surface area contributed by atoms with Gasteiger partial charge in [-0.15, -0.1) is 0 Å². The summed E-state index contributed by atoms with van der Waals surface area (Å²) in [5, 5.41) is 0. The molecule has 2 aromatic carbocycles. The minimum Gasteiger partial charge on any atom is -0.256 e. The van der Waals surface area contributed by atoms with E-state index in [2.05, 4.69) is 18.0 Å². The summed E-state index contributed by atoms with van der Waals surface area (Å²) >= 11 is 0. The van der Waals surface area contributed by atoms with Gasteiger partial charge in [-0.25, -0.2) is 0 Å². The third-order valence-corrected chi connectivity index (χ3v) is 2.27. The van der Waals surface area contributed by atoms with Gasteiger partial charge in [0.2, 0.25) is 0 Å². The van der Waals surface area contributed by atoms with Crippen molar-refractivity contribution in [3.05, 3.63) is 65.7 Å². The Balaban J connectivity index is 2.23. The summed E-state index contributed by atoms with van der Waals surface area (Å²) < 4.78 is 0. The Kier molecular flexibility index (Phi) is 2.93. The molecule has 0 radical (unpaired) electrons. The van der Waals surface area contributed by atoms with Gasteiger partial charge in [0.1, 0.15) is 0 Å². The highest BCUT2D eigenvalue weighted by Gasteiger charge is 1.91. The first-order valence-corrected chi connectivity index (χ1v) is 5.01. The molecule has 2 aromatic rings. The molecule has 0 aromatic heterocycles. The van der Waals surface area contributed by atoms with Gasteiger partial charge >= 0.3 is 0 Å². The molecular formula is C14H13N. The molecule has 0 aliphatic heterocycles. The molecule has 0 spiro atoms. The summed E-state index contributed by atoms with van der Waals surface area (Å²) in [6, 6.07) is 18.2. The van der Waals surface area contributed by atoms with E-state index in [1.165, 1.54) is 5.56 Å². The van der Waals surface area contributed by atoms with E-state index in [-0.39, 0.29) is 0 Å². The van der Waals surface area contributed by atoms with E-state index < -0.39 is 0 Å². The molecule has 0 atom stereocenters. The number of aliphatic imine (C=N–C) groups is 1. The van der Waals surface area contributed by atoms with E-state index in [0.29, 0.717) is 0 Å². The zero-order chi connectivity index (χ0) is 10.5. The van der Waals surface area contributed by atoms with Gasteiger partial charge in [0, 0.05) is 6.21 Å². The first-order chi connectivity index (χ1) is 7.36. The predicted molar refractivity (Wildman–Crippen MR) is 64.9 cm³/mol. The maximum Gasteiger partial charge on any atom is 0.0659 e. The number of aryl methyl sites for hydroxylation is 1. The third kappa shape index (κ3) is 2.53. The zero-order valence-electron chi connectivity index (χ0n) is 8.72. The number of hydrogen-bond donors (Lipinski definition) is 0. The lowest BCUT2D eigenvalue weighted by molar-refractivity contribution is 1.40. The molecule has 0 saturated heterocycles. The Bertz CT molecular complexity index is 458. The number of hydrogen-bond acceptors (Lipinski definition) is 1. The van der Waals surface area contributed by atoms with Gasteiger partial charge < -0.3 is 0 Å². The SMILES string of the molecule is Cc1ccccc1/N=C/c1ccccc1. The van der Waals surface area contributed by atoms with Crippen molar-refractivity contribution in [2.24, 2.45) is 4.99 Å². The van der Waals surface area contributed by atoms with Crippen LogP contribution in [-0.4, -0.2) is 6.21 Å². The highest BCUT2D eigenvalue weighted by Crippen LogP contribution is 2.16. The molecule has 0 heterocycles. The average molecular weight is 195 g/mol. The second kappa shape index (κ2) is 4.56. The molecular weight excluding hydrogens is 182 g/mol. The van der Waals surface area contributed by atoms with Crippen molar-refractivity contribution >= 4 is 11.9 Å². The summed E-state index contributed by atoms with van der Waals surface area (Å²) in [4.78, 5) is 4.45. The standard InChI is InChI=1S/C14H13N/c1-12-7-5-6-10-14(12)15-11-13-8-3-2-4-9-13/h2-11H,1H3/b15-11+. The first-order valence-electron chi connectivity index (χ1n) is 5.01. The topological polar surface area (TPSA) is 12.4 Å². The predicted octanol–water partition coefficient (Wildman–Crippen LogP) is 3.75. The number of nitrogens with zero attached hydrogens (tertiary/aromatic N) is 1. The lowest BCUT2D eigenvalue weighted by atomic mass is 10.2.